The third-order valence-corrected chi connectivity index (χ3v) is 4.08. The zero-order chi connectivity index (χ0) is 13.2. The molecule has 3 nitrogen and oxygen atoms in total. The fraction of sp³-hybridized carbons (Fsp3) is 0.0714. The van der Waals surface area contributed by atoms with Gasteiger partial charge in [0.05, 0.1) is 5.69 Å². The number of hydrogen-bond donors (Lipinski definition) is 0. The number of nitrogens with zero attached hydrogens (tertiary/aromatic N) is 3. The average molecular weight is 332 g/mol. The SMILES string of the molecule is Cc1nccnc1-c1csc(-c2cccc(Br)c2)n1. The predicted octanol–water partition coefficient (Wildman–Crippen LogP) is 4.34. The molecule has 0 saturated carbocycles. The van der Waals surface area contributed by atoms with Crippen molar-refractivity contribution in [2.75, 3.05) is 0 Å². The van der Waals surface area contributed by atoms with Gasteiger partial charge in [-0.3, -0.25) is 9.97 Å². The van der Waals surface area contributed by atoms with E-state index >= 15 is 0 Å². The molecule has 0 atom stereocenters. The molecule has 3 rings (SSSR count). The smallest absolute Gasteiger partial charge is 0.124 e. The number of halogens is 1. The lowest BCUT2D eigenvalue weighted by Crippen LogP contribution is -1.90. The second-order valence-electron chi connectivity index (χ2n) is 4.04. The molecule has 1 aromatic carbocycles. The molecule has 0 unspecified atom stereocenters. The van der Waals surface area contributed by atoms with Crippen LogP contribution in [0.25, 0.3) is 22.0 Å². The first-order valence-corrected chi connectivity index (χ1v) is 7.41. The number of benzene rings is 1. The van der Waals surface area contributed by atoms with Crippen LogP contribution in [-0.2, 0) is 0 Å². The second-order valence-corrected chi connectivity index (χ2v) is 5.81. The van der Waals surface area contributed by atoms with E-state index in [1.54, 1.807) is 23.7 Å². The minimum atomic E-state index is 0.847. The first-order valence-electron chi connectivity index (χ1n) is 5.73. The van der Waals surface area contributed by atoms with Crippen molar-refractivity contribution >= 4 is 27.3 Å². The van der Waals surface area contributed by atoms with Gasteiger partial charge in [0.25, 0.3) is 0 Å². The molecular weight excluding hydrogens is 322 g/mol. The molecule has 0 fully saturated rings. The number of rotatable bonds is 2. The van der Waals surface area contributed by atoms with E-state index in [1.807, 2.05) is 24.4 Å². The van der Waals surface area contributed by atoms with Crippen LogP contribution in [0.1, 0.15) is 5.69 Å². The summed E-state index contributed by atoms with van der Waals surface area (Å²) >= 11 is 5.09. The molecule has 0 N–H and O–H groups in total. The van der Waals surface area contributed by atoms with Crippen LogP contribution in [0.15, 0.2) is 46.5 Å². The van der Waals surface area contributed by atoms with E-state index in [0.717, 1.165) is 32.1 Å². The van der Waals surface area contributed by atoms with Crippen molar-refractivity contribution in [3.05, 3.63) is 52.2 Å². The van der Waals surface area contributed by atoms with Crippen molar-refractivity contribution in [3.8, 4) is 22.0 Å². The average Bonchev–Trinajstić information content (AvgIpc) is 2.89. The topological polar surface area (TPSA) is 38.7 Å². The Morgan fingerprint density at radius 1 is 1.16 bits per heavy atom. The monoisotopic (exact) mass is 331 g/mol. The van der Waals surface area contributed by atoms with Crippen molar-refractivity contribution in [2.24, 2.45) is 0 Å². The van der Waals surface area contributed by atoms with E-state index in [-0.39, 0.29) is 0 Å². The number of thiazole rings is 1. The van der Waals surface area contributed by atoms with Gasteiger partial charge in [-0.2, -0.15) is 0 Å². The Bertz CT molecular complexity index is 724. The summed E-state index contributed by atoms with van der Waals surface area (Å²) in [5.74, 6) is 0. The van der Waals surface area contributed by atoms with Gasteiger partial charge in [0, 0.05) is 27.8 Å². The lowest BCUT2D eigenvalue weighted by atomic mass is 10.2. The van der Waals surface area contributed by atoms with Gasteiger partial charge in [0.1, 0.15) is 16.4 Å². The van der Waals surface area contributed by atoms with Gasteiger partial charge in [-0.1, -0.05) is 28.1 Å². The Kier molecular flexibility index (Phi) is 3.40. The summed E-state index contributed by atoms with van der Waals surface area (Å²) < 4.78 is 1.05. The number of aromatic nitrogens is 3. The van der Waals surface area contributed by atoms with Crippen molar-refractivity contribution in [1.82, 2.24) is 15.0 Å². The van der Waals surface area contributed by atoms with E-state index in [2.05, 4.69) is 43.0 Å². The summed E-state index contributed by atoms with van der Waals surface area (Å²) in [7, 11) is 0. The summed E-state index contributed by atoms with van der Waals surface area (Å²) in [6, 6.07) is 8.13. The van der Waals surface area contributed by atoms with Gasteiger partial charge in [0.2, 0.25) is 0 Å². The molecule has 3 aromatic rings. The summed E-state index contributed by atoms with van der Waals surface area (Å²) in [4.78, 5) is 13.2. The minimum Gasteiger partial charge on any atom is -0.258 e. The maximum Gasteiger partial charge on any atom is 0.124 e. The zero-order valence-corrected chi connectivity index (χ0v) is 12.6. The molecule has 0 radical (unpaired) electrons. The molecule has 0 amide bonds. The van der Waals surface area contributed by atoms with E-state index in [4.69, 9.17) is 0 Å². The lowest BCUT2D eigenvalue weighted by Gasteiger charge is -1.99. The summed E-state index contributed by atoms with van der Waals surface area (Å²) in [6.45, 7) is 1.94. The van der Waals surface area contributed by atoms with Crippen LogP contribution in [0, 0.1) is 6.92 Å². The van der Waals surface area contributed by atoms with Gasteiger partial charge in [0.15, 0.2) is 0 Å². The van der Waals surface area contributed by atoms with Crippen LogP contribution in [0.2, 0.25) is 0 Å². The highest BCUT2D eigenvalue weighted by molar-refractivity contribution is 9.10. The Morgan fingerprint density at radius 2 is 2.00 bits per heavy atom. The van der Waals surface area contributed by atoms with E-state index in [9.17, 15) is 0 Å². The highest BCUT2D eigenvalue weighted by Gasteiger charge is 2.10. The van der Waals surface area contributed by atoms with Crippen LogP contribution >= 0.6 is 27.3 Å². The molecule has 0 aliphatic rings. The highest BCUT2D eigenvalue weighted by Crippen LogP contribution is 2.30. The van der Waals surface area contributed by atoms with Gasteiger partial charge >= 0.3 is 0 Å². The van der Waals surface area contributed by atoms with Gasteiger partial charge in [-0.25, -0.2) is 4.98 Å². The second kappa shape index (κ2) is 5.19. The fourth-order valence-corrected chi connectivity index (χ4v) is 3.00. The first kappa shape index (κ1) is 12.4. The molecule has 2 aromatic heterocycles. The standard InChI is InChI=1S/C14H10BrN3S/c1-9-13(17-6-5-16-9)12-8-19-14(18-12)10-3-2-4-11(15)7-10/h2-8H,1H3. The van der Waals surface area contributed by atoms with Crippen LogP contribution < -0.4 is 0 Å². The van der Waals surface area contributed by atoms with Gasteiger partial charge in [-0.05, 0) is 19.1 Å². The zero-order valence-electron chi connectivity index (χ0n) is 10.2. The molecule has 0 spiro atoms. The Hall–Kier alpha value is -1.59. The summed E-state index contributed by atoms with van der Waals surface area (Å²) in [5, 5.41) is 3.01. The van der Waals surface area contributed by atoms with Crippen molar-refractivity contribution in [3.63, 3.8) is 0 Å². The predicted molar refractivity (Wildman–Crippen MR) is 81.0 cm³/mol. The first-order chi connectivity index (χ1) is 9.24. The highest BCUT2D eigenvalue weighted by atomic mass is 79.9. The van der Waals surface area contributed by atoms with Crippen LogP contribution in [0.3, 0.4) is 0 Å². The minimum absolute atomic E-state index is 0.847. The fourth-order valence-electron chi connectivity index (χ4n) is 1.80. The molecule has 0 aliphatic heterocycles. The molecule has 19 heavy (non-hydrogen) atoms. The van der Waals surface area contributed by atoms with Crippen LogP contribution in [-0.4, -0.2) is 15.0 Å². The largest absolute Gasteiger partial charge is 0.258 e. The van der Waals surface area contributed by atoms with Crippen molar-refractivity contribution in [1.29, 1.82) is 0 Å². The quantitative estimate of drug-likeness (QED) is 0.701. The normalized spacial score (nSPS) is 10.6. The van der Waals surface area contributed by atoms with Gasteiger partial charge in [-0.15, -0.1) is 11.3 Å². The Balaban J connectivity index is 2.03. The molecule has 5 heteroatoms. The third kappa shape index (κ3) is 2.57. The van der Waals surface area contributed by atoms with Crippen molar-refractivity contribution < 1.29 is 0 Å². The molecule has 2 heterocycles. The molecular formula is C14H10BrN3S. The molecule has 0 saturated heterocycles. The van der Waals surface area contributed by atoms with Crippen molar-refractivity contribution in [2.45, 2.75) is 6.92 Å². The molecule has 0 aliphatic carbocycles. The maximum atomic E-state index is 4.65. The lowest BCUT2D eigenvalue weighted by molar-refractivity contribution is 1.11. The van der Waals surface area contributed by atoms with Gasteiger partial charge < -0.3 is 0 Å². The van der Waals surface area contributed by atoms with E-state index < -0.39 is 0 Å². The van der Waals surface area contributed by atoms with E-state index in [1.165, 1.54) is 0 Å². The molecule has 0 bridgehead atoms. The van der Waals surface area contributed by atoms with Crippen LogP contribution in [0.5, 0.6) is 0 Å². The number of hydrogen-bond acceptors (Lipinski definition) is 4. The Labute approximate surface area is 123 Å². The summed E-state index contributed by atoms with van der Waals surface area (Å²) in [6.07, 6.45) is 3.39. The van der Waals surface area contributed by atoms with E-state index in [0.29, 0.717) is 0 Å². The molecule has 94 valence electrons. The Morgan fingerprint density at radius 3 is 2.79 bits per heavy atom. The maximum absolute atomic E-state index is 4.65. The number of aryl methyl sites for hydroxylation is 1. The summed E-state index contributed by atoms with van der Waals surface area (Å²) in [5.41, 5.74) is 3.73. The van der Waals surface area contributed by atoms with Crippen LogP contribution in [0.4, 0.5) is 0 Å². The third-order valence-electron chi connectivity index (χ3n) is 2.70.